The van der Waals surface area contributed by atoms with E-state index in [1.165, 1.54) is 0 Å². The molecule has 1 nitrogen and oxygen atoms in total. The standard InChI is InChI=1S/C7H10BrFO/c8-5-7(9)3-1-6(10)2-4-7/h1-5H2. The summed E-state index contributed by atoms with van der Waals surface area (Å²) in [6.07, 6.45) is 1.64. The zero-order valence-electron chi connectivity index (χ0n) is 5.70. The van der Waals surface area contributed by atoms with Gasteiger partial charge in [-0.05, 0) is 12.8 Å². The zero-order valence-corrected chi connectivity index (χ0v) is 7.29. The van der Waals surface area contributed by atoms with Crippen LogP contribution in [0.5, 0.6) is 0 Å². The summed E-state index contributed by atoms with van der Waals surface area (Å²) in [6, 6.07) is 0. The molecule has 58 valence electrons. The molecule has 0 radical (unpaired) electrons. The first-order valence-electron chi connectivity index (χ1n) is 3.43. The van der Waals surface area contributed by atoms with Crippen molar-refractivity contribution in [1.82, 2.24) is 0 Å². The summed E-state index contributed by atoms with van der Waals surface area (Å²) in [7, 11) is 0. The molecule has 1 rings (SSSR count). The van der Waals surface area contributed by atoms with Gasteiger partial charge in [0.1, 0.15) is 11.5 Å². The van der Waals surface area contributed by atoms with Crippen molar-refractivity contribution in [3.05, 3.63) is 0 Å². The number of Topliss-reactive ketones (excluding diaryl/α,β-unsaturated/α-hetero) is 1. The predicted octanol–water partition coefficient (Wildman–Crippen LogP) is 2.23. The molecule has 0 spiro atoms. The van der Waals surface area contributed by atoms with Crippen LogP contribution < -0.4 is 0 Å². The molecule has 0 atom stereocenters. The fraction of sp³-hybridized carbons (Fsp3) is 0.857. The fourth-order valence-corrected chi connectivity index (χ4v) is 1.67. The molecule has 10 heavy (non-hydrogen) atoms. The molecule has 1 aliphatic rings. The van der Waals surface area contributed by atoms with Gasteiger partial charge in [-0.1, -0.05) is 15.9 Å². The van der Waals surface area contributed by atoms with E-state index in [1.54, 1.807) is 0 Å². The second-order valence-corrected chi connectivity index (χ2v) is 3.38. The Kier molecular flexibility index (Phi) is 2.45. The van der Waals surface area contributed by atoms with Gasteiger partial charge in [-0.2, -0.15) is 0 Å². The van der Waals surface area contributed by atoms with Gasteiger partial charge in [-0.25, -0.2) is 4.39 Å². The maximum atomic E-state index is 13.3. The molecule has 0 aromatic carbocycles. The van der Waals surface area contributed by atoms with E-state index in [0.29, 0.717) is 31.0 Å². The van der Waals surface area contributed by atoms with E-state index in [0.717, 1.165) is 0 Å². The molecule has 0 amide bonds. The van der Waals surface area contributed by atoms with Gasteiger partial charge in [0.05, 0.1) is 0 Å². The third-order valence-corrected chi connectivity index (χ3v) is 2.95. The van der Waals surface area contributed by atoms with Crippen molar-refractivity contribution in [2.45, 2.75) is 31.4 Å². The average Bonchev–Trinajstić information content (AvgIpc) is 1.96. The Morgan fingerprint density at radius 3 is 2.40 bits per heavy atom. The number of ketones is 1. The highest BCUT2D eigenvalue weighted by molar-refractivity contribution is 9.09. The van der Waals surface area contributed by atoms with Gasteiger partial charge in [0.25, 0.3) is 0 Å². The highest BCUT2D eigenvalue weighted by atomic mass is 79.9. The quantitative estimate of drug-likeness (QED) is 0.605. The minimum absolute atomic E-state index is 0.203. The van der Waals surface area contributed by atoms with Crippen molar-refractivity contribution < 1.29 is 9.18 Å². The molecule has 0 aromatic rings. The Balaban J connectivity index is 2.46. The summed E-state index contributed by atoms with van der Waals surface area (Å²) in [4.78, 5) is 10.7. The summed E-state index contributed by atoms with van der Waals surface area (Å²) < 4.78 is 13.3. The lowest BCUT2D eigenvalue weighted by Gasteiger charge is -2.26. The molecule has 0 saturated heterocycles. The molecule has 1 saturated carbocycles. The largest absolute Gasteiger partial charge is 0.300 e. The normalized spacial score (nSPS) is 24.8. The minimum atomic E-state index is -1.10. The van der Waals surface area contributed by atoms with E-state index in [1.807, 2.05) is 0 Å². The Hall–Kier alpha value is 0.0800. The number of halogens is 2. The van der Waals surface area contributed by atoms with E-state index >= 15 is 0 Å². The first kappa shape index (κ1) is 8.18. The lowest BCUT2D eigenvalue weighted by Crippen LogP contribution is -2.31. The maximum absolute atomic E-state index is 13.3. The second-order valence-electron chi connectivity index (χ2n) is 2.82. The Bertz CT molecular complexity index is 137. The van der Waals surface area contributed by atoms with Crippen LogP contribution >= 0.6 is 15.9 Å². The molecule has 0 unspecified atom stereocenters. The molecule has 0 heterocycles. The van der Waals surface area contributed by atoms with Crippen LogP contribution in [0, 0.1) is 0 Å². The number of carbonyl (C=O) groups is 1. The van der Waals surface area contributed by atoms with Crippen LogP contribution in [0.4, 0.5) is 4.39 Å². The van der Waals surface area contributed by atoms with Gasteiger partial charge in [0, 0.05) is 18.2 Å². The third-order valence-electron chi connectivity index (χ3n) is 1.94. The summed E-state index contributed by atoms with van der Waals surface area (Å²) in [5.41, 5.74) is -1.10. The lowest BCUT2D eigenvalue weighted by molar-refractivity contribution is -0.122. The molecule has 0 aromatic heterocycles. The molecular formula is C7H10BrFO. The topological polar surface area (TPSA) is 17.1 Å². The van der Waals surface area contributed by atoms with E-state index in [9.17, 15) is 9.18 Å². The fourth-order valence-electron chi connectivity index (χ4n) is 1.11. The number of carbonyl (C=O) groups excluding carboxylic acids is 1. The average molecular weight is 209 g/mol. The van der Waals surface area contributed by atoms with Crippen LogP contribution in [0.1, 0.15) is 25.7 Å². The number of alkyl halides is 2. The Labute approximate surface area is 68.1 Å². The minimum Gasteiger partial charge on any atom is -0.300 e. The molecule has 1 aliphatic carbocycles. The van der Waals surface area contributed by atoms with Gasteiger partial charge in [-0.3, -0.25) is 4.79 Å². The van der Waals surface area contributed by atoms with Crippen LogP contribution in [0.3, 0.4) is 0 Å². The van der Waals surface area contributed by atoms with Crippen LogP contribution in [0.2, 0.25) is 0 Å². The van der Waals surface area contributed by atoms with Crippen molar-refractivity contribution in [3.63, 3.8) is 0 Å². The van der Waals surface area contributed by atoms with Crippen molar-refractivity contribution in [2.75, 3.05) is 5.33 Å². The van der Waals surface area contributed by atoms with Gasteiger partial charge >= 0.3 is 0 Å². The molecule has 0 bridgehead atoms. The van der Waals surface area contributed by atoms with E-state index in [-0.39, 0.29) is 5.78 Å². The number of rotatable bonds is 1. The summed E-state index contributed by atoms with van der Waals surface area (Å²) in [6.45, 7) is 0. The predicted molar refractivity (Wildman–Crippen MR) is 41.1 cm³/mol. The van der Waals surface area contributed by atoms with Gasteiger partial charge < -0.3 is 0 Å². The van der Waals surface area contributed by atoms with Crippen LogP contribution in [0.15, 0.2) is 0 Å². The van der Waals surface area contributed by atoms with Crippen molar-refractivity contribution in [1.29, 1.82) is 0 Å². The van der Waals surface area contributed by atoms with E-state index < -0.39 is 5.67 Å². The highest BCUT2D eigenvalue weighted by Crippen LogP contribution is 2.31. The molecule has 0 N–H and O–H groups in total. The maximum Gasteiger partial charge on any atom is 0.133 e. The first-order chi connectivity index (χ1) is 4.66. The highest BCUT2D eigenvalue weighted by Gasteiger charge is 2.33. The van der Waals surface area contributed by atoms with Crippen LogP contribution in [0.25, 0.3) is 0 Å². The summed E-state index contributed by atoms with van der Waals surface area (Å²) in [5.74, 6) is 0.203. The van der Waals surface area contributed by atoms with E-state index in [2.05, 4.69) is 15.9 Å². The van der Waals surface area contributed by atoms with Crippen molar-refractivity contribution in [3.8, 4) is 0 Å². The number of hydrogen-bond donors (Lipinski definition) is 0. The van der Waals surface area contributed by atoms with Crippen LogP contribution in [-0.4, -0.2) is 16.8 Å². The number of hydrogen-bond acceptors (Lipinski definition) is 1. The SMILES string of the molecule is O=C1CCC(F)(CBr)CC1. The van der Waals surface area contributed by atoms with Crippen LogP contribution in [-0.2, 0) is 4.79 Å². The van der Waals surface area contributed by atoms with Crippen molar-refractivity contribution in [2.24, 2.45) is 0 Å². The van der Waals surface area contributed by atoms with Crippen molar-refractivity contribution >= 4 is 21.7 Å². The second kappa shape index (κ2) is 2.99. The molecule has 3 heteroatoms. The Morgan fingerprint density at radius 2 is 2.00 bits per heavy atom. The first-order valence-corrected chi connectivity index (χ1v) is 4.55. The molecule has 0 aliphatic heterocycles. The van der Waals surface area contributed by atoms with Gasteiger partial charge in [-0.15, -0.1) is 0 Å². The lowest BCUT2D eigenvalue weighted by atomic mass is 9.87. The molecular weight excluding hydrogens is 199 g/mol. The monoisotopic (exact) mass is 208 g/mol. The molecule has 1 fully saturated rings. The van der Waals surface area contributed by atoms with Gasteiger partial charge in [0.2, 0.25) is 0 Å². The summed E-state index contributed by atoms with van der Waals surface area (Å²) >= 11 is 3.10. The van der Waals surface area contributed by atoms with Gasteiger partial charge in [0.15, 0.2) is 0 Å². The van der Waals surface area contributed by atoms with E-state index in [4.69, 9.17) is 0 Å². The zero-order chi connectivity index (χ0) is 7.61. The third kappa shape index (κ3) is 1.78. The smallest absolute Gasteiger partial charge is 0.133 e. The Morgan fingerprint density at radius 1 is 1.50 bits per heavy atom. The summed E-state index contributed by atoms with van der Waals surface area (Å²) in [5, 5.41) is 0.368.